The Morgan fingerprint density at radius 3 is 3.00 bits per heavy atom. The van der Waals surface area contributed by atoms with Gasteiger partial charge in [0.2, 0.25) is 0 Å². The molecule has 1 rings (SSSR count). The van der Waals surface area contributed by atoms with Crippen LogP contribution in [0.15, 0.2) is 0 Å². The van der Waals surface area contributed by atoms with Crippen molar-refractivity contribution in [3.05, 3.63) is 0 Å². The van der Waals surface area contributed by atoms with Gasteiger partial charge in [-0.05, 0) is 26.3 Å². The van der Waals surface area contributed by atoms with Gasteiger partial charge in [0.05, 0.1) is 6.07 Å². The van der Waals surface area contributed by atoms with Crippen LogP contribution in [-0.4, -0.2) is 30.1 Å². The summed E-state index contributed by atoms with van der Waals surface area (Å²) in [6.45, 7) is 4.03. The van der Waals surface area contributed by atoms with Crippen LogP contribution in [0.4, 0.5) is 0 Å². The SMILES string of the molecule is CC1CCCN1CC(N)C#N. The molecule has 0 radical (unpaired) electrons. The normalized spacial score (nSPS) is 28.3. The number of nitriles is 1. The minimum atomic E-state index is -0.310. The summed E-state index contributed by atoms with van der Waals surface area (Å²) in [5.41, 5.74) is 5.51. The molecular weight excluding hydrogens is 138 g/mol. The lowest BCUT2D eigenvalue weighted by molar-refractivity contribution is 0.264. The molecule has 2 unspecified atom stereocenters. The van der Waals surface area contributed by atoms with E-state index in [1.807, 2.05) is 6.07 Å². The lowest BCUT2D eigenvalue weighted by Crippen LogP contribution is -2.38. The predicted molar refractivity (Wildman–Crippen MR) is 43.9 cm³/mol. The van der Waals surface area contributed by atoms with E-state index in [2.05, 4.69) is 11.8 Å². The van der Waals surface area contributed by atoms with Crippen molar-refractivity contribution in [3.63, 3.8) is 0 Å². The zero-order valence-electron chi connectivity index (χ0n) is 6.95. The molecule has 3 heteroatoms. The Kier molecular flexibility index (Phi) is 2.86. The fraction of sp³-hybridized carbons (Fsp3) is 0.875. The summed E-state index contributed by atoms with van der Waals surface area (Å²) in [6.07, 6.45) is 2.50. The Balaban J connectivity index is 2.32. The van der Waals surface area contributed by atoms with Gasteiger partial charge in [0.25, 0.3) is 0 Å². The van der Waals surface area contributed by atoms with Crippen LogP contribution in [0, 0.1) is 11.3 Å². The molecule has 0 saturated carbocycles. The Morgan fingerprint density at radius 1 is 1.82 bits per heavy atom. The van der Waals surface area contributed by atoms with Crippen LogP contribution in [0.5, 0.6) is 0 Å². The van der Waals surface area contributed by atoms with Crippen LogP contribution in [0.2, 0.25) is 0 Å². The highest BCUT2D eigenvalue weighted by Crippen LogP contribution is 2.15. The van der Waals surface area contributed by atoms with Gasteiger partial charge >= 0.3 is 0 Å². The van der Waals surface area contributed by atoms with Gasteiger partial charge in [-0.25, -0.2) is 0 Å². The Hall–Kier alpha value is -0.590. The van der Waals surface area contributed by atoms with E-state index < -0.39 is 0 Å². The molecule has 1 heterocycles. The highest BCUT2D eigenvalue weighted by atomic mass is 15.2. The third kappa shape index (κ3) is 2.18. The fourth-order valence-corrected chi connectivity index (χ4v) is 1.56. The van der Waals surface area contributed by atoms with Crippen molar-refractivity contribution in [2.24, 2.45) is 5.73 Å². The fourth-order valence-electron chi connectivity index (χ4n) is 1.56. The molecule has 1 saturated heterocycles. The standard InChI is InChI=1S/C8H15N3/c1-7-3-2-4-11(7)6-8(10)5-9/h7-8H,2-4,6,10H2,1H3. The molecule has 1 fully saturated rings. The quantitative estimate of drug-likeness (QED) is 0.621. The van der Waals surface area contributed by atoms with Crippen LogP contribution in [0.25, 0.3) is 0 Å². The third-order valence-corrected chi connectivity index (χ3v) is 2.29. The molecule has 0 aliphatic carbocycles. The topological polar surface area (TPSA) is 53.0 Å². The lowest BCUT2D eigenvalue weighted by Gasteiger charge is -2.21. The molecule has 2 N–H and O–H groups in total. The first-order valence-electron chi connectivity index (χ1n) is 4.13. The van der Waals surface area contributed by atoms with E-state index in [0.717, 1.165) is 13.1 Å². The molecule has 0 aromatic carbocycles. The van der Waals surface area contributed by atoms with Crippen LogP contribution in [-0.2, 0) is 0 Å². The first-order valence-corrected chi connectivity index (χ1v) is 4.13. The van der Waals surface area contributed by atoms with Crippen LogP contribution in [0.3, 0.4) is 0 Å². The van der Waals surface area contributed by atoms with Crippen LogP contribution < -0.4 is 5.73 Å². The van der Waals surface area contributed by atoms with Crippen molar-refractivity contribution in [3.8, 4) is 6.07 Å². The smallest absolute Gasteiger partial charge is 0.106 e. The summed E-state index contributed by atoms with van der Waals surface area (Å²) in [5.74, 6) is 0. The van der Waals surface area contributed by atoms with Crippen LogP contribution >= 0.6 is 0 Å². The number of nitrogens with zero attached hydrogens (tertiary/aromatic N) is 2. The maximum atomic E-state index is 8.48. The van der Waals surface area contributed by atoms with Gasteiger partial charge in [0.1, 0.15) is 6.04 Å². The van der Waals surface area contributed by atoms with Gasteiger partial charge in [-0.2, -0.15) is 5.26 Å². The van der Waals surface area contributed by atoms with Crippen molar-refractivity contribution in [2.75, 3.05) is 13.1 Å². The lowest BCUT2D eigenvalue weighted by atomic mass is 10.2. The van der Waals surface area contributed by atoms with Gasteiger partial charge in [0, 0.05) is 12.6 Å². The number of hydrogen-bond acceptors (Lipinski definition) is 3. The minimum Gasteiger partial charge on any atom is -0.315 e. The van der Waals surface area contributed by atoms with Crippen molar-refractivity contribution in [1.29, 1.82) is 5.26 Å². The van der Waals surface area contributed by atoms with Crippen molar-refractivity contribution < 1.29 is 0 Å². The highest BCUT2D eigenvalue weighted by Gasteiger charge is 2.21. The third-order valence-electron chi connectivity index (χ3n) is 2.29. The van der Waals surface area contributed by atoms with E-state index in [1.165, 1.54) is 12.8 Å². The highest BCUT2D eigenvalue weighted by molar-refractivity contribution is 4.91. The molecule has 11 heavy (non-hydrogen) atoms. The van der Waals surface area contributed by atoms with E-state index in [9.17, 15) is 0 Å². The average Bonchev–Trinajstić information content (AvgIpc) is 2.37. The summed E-state index contributed by atoms with van der Waals surface area (Å²) in [4.78, 5) is 2.29. The first-order chi connectivity index (χ1) is 5.24. The number of likely N-dealkylation sites (tertiary alicyclic amines) is 1. The van der Waals surface area contributed by atoms with Crippen molar-refractivity contribution >= 4 is 0 Å². The summed E-state index contributed by atoms with van der Waals surface area (Å²) >= 11 is 0. The molecule has 0 amide bonds. The molecule has 1 aliphatic heterocycles. The van der Waals surface area contributed by atoms with E-state index >= 15 is 0 Å². The van der Waals surface area contributed by atoms with E-state index in [1.54, 1.807) is 0 Å². The maximum Gasteiger partial charge on any atom is 0.106 e. The zero-order valence-corrected chi connectivity index (χ0v) is 6.95. The minimum absolute atomic E-state index is 0.310. The summed E-state index contributed by atoms with van der Waals surface area (Å²) in [6, 6.07) is 2.36. The molecule has 0 aromatic heterocycles. The average molecular weight is 153 g/mol. The van der Waals surface area contributed by atoms with Crippen molar-refractivity contribution in [2.45, 2.75) is 31.8 Å². The summed E-state index contributed by atoms with van der Waals surface area (Å²) in [7, 11) is 0. The van der Waals surface area contributed by atoms with E-state index in [-0.39, 0.29) is 6.04 Å². The van der Waals surface area contributed by atoms with Crippen LogP contribution in [0.1, 0.15) is 19.8 Å². The molecule has 3 nitrogen and oxygen atoms in total. The van der Waals surface area contributed by atoms with E-state index in [4.69, 9.17) is 11.0 Å². The second-order valence-electron chi connectivity index (χ2n) is 3.22. The summed E-state index contributed by atoms with van der Waals surface area (Å²) < 4.78 is 0. The zero-order chi connectivity index (χ0) is 8.27. The van der Waals surface area contributed by atoms with Gasteiger partial charge in [-0.1, -0.05) is 0 Å². The number of nitrogens with two attached hydrogens (primary N) is 1. The van der Waals surface area contributed by atoms with Gasteiger partial charge in [0.15, 0.2) is 0 Å². The Bertz CT molecular complexity index is 161. The second kappa shape index (κ2) is 3.70. The molecule has 2 atom stereocenters. The second-order valence-corrected chi connectivity index (χ2v) is 3.22. The summed E-state index contributed by atoms with van der Waals surface area (Å²) in [5, 5.41) is 8.48. The largest absolute Gasteiger partial charge is 0.315 e. The maximum absolute atomic E-state index is 8.48. The van der Waals surface area contributed by atoms with Gasteiger partial charge in [-0.15, -0.1) is 0 Å². The molecule has 1 aliphatic rings. The Labute approximate surface area is 67.8 Å². The molecule has 0 aromatic rings. The first kappa shape index (κ1) is 8.51. The van der Waals surface area contributed by atoms with Gasteiger partial charge < -0.3 is 5.73 Å². The van der Waals surface area contributed by atoms with Gasteiger partial charge in [-0.3, -0.25) is 4.90 Å². The number of hydrogen-bond donors (Lipinski definition) is 1. The molecule has 62 valence electrons. The molecule has 0 bridgehead atoms. The molecular formula is C8H15N3. The molecule has 0 spiro atoms. The Morgan fingerprint density at radius 2 is 2.55 bits per heavy atom. The van der Waals surface area contributed by atoms with E-state index in [0.29, 0.717) is 6.04 Å². The monoisotopic (exact) mass is 153 g/mol. The number of rotatable bonds is 2. The predicted octanol–water partition coefficient (Wildman–Crippen LogP) is 0.322. The van der Waals surface area contributed by atoms with Crippen molar-refractivity contribution in [1.82, 2.24) is 4.90 Å².